The second kappa shape index (κ2) is 10.4. The average Bonchev–Trinajstić information content (AvgIpc) is 2.69. The number of hydrogen-bond donors (Lipinski definition) is 4. The quantitative estimate of drug-likeness (QED) is 0.336. The summed E-state index contributed by atoms with van der Waals surface area (Å²) < 4.78 is 6.26. The third-order valence-corrected chi connectivity index (χ3v) is 4.43. The highest BCUT2D eigenvalue weighted by Gasteiger charge is 2.14. The zero-order valence-electron chi connectivity index (χ0n) is 15.7. The minimum Gasteiger partial charge on any atom is -0.493 e. The largest absolute Gasteiger partial charge is 0.493 e. The molecule has 9 heteroatoms. The van der Waals surface area contributed by atoms with Crippen LogP contribution in [0.4, 0.5) is 5.69 Å². The number of benzene rings is 2. The Labute approximate surface area is 176 Å². The molecule has 0 aromatic heterocycles. The molecule has 2 rings (SSSR count). The number of halogens is 1. The summed E-state index contributed by atoms with van der Waals surface area (Å²) in [4.78, 5) is 27.1. The first-order chi connectivity index (χ1) is 13.8. The summed E-state index contributed by atoms with van der Waals surface area (Å²) in [6.45, 7) is 1.90. The van der Waals surface area contributed by atoms with Crippen LogP contribution in [-0.2, 0) is 4.79 Å². The van der Waals surface area contributed by atoms with E-state index in [-0.39, 0.29) is 17.8 Å². The molecule has 0 aliphatic heterocycles. The molecule has 0 bridgehead atoms. The number of aliphatic carboxylic acids is 1. The molecular weight excluding hydrogens is 440 g/mol. The Balaban J connectivity index is 2.15. The highest BCUT2D eigenvalue weighted by atomic mass is 79.9. The highest BCUT2D eigenvalue weighted by molar-refractivity contribution is 9.10. The maximum absolute atomic E-state index is 12.2. The van der Waals surface area contributed by atoms with Crippen LogP contribution in [0.2, 0.25) is 0 Å². The van der Waals surface area contributed by atoms with Gasteiger partial charge in [0.2, 0.25) is 0 Å². The van der Waals surface area contributed by atoms with Crippen LogP contribution in [0.5, 0.6) is 5.75 Å². The summed E-state index contributed by atoms with van der Waals surface area (Å²) in [6.07, 6.45) is 1.55. The number of carboxylic acid groups (broad SMARTS) is 1. The number of amides is 1. The van der Waals surface area contributed by atoms with Crippen molar-refractivity contribution in [3.8, 4) is 5.75 Å². The molecule has 29 heavy (non-hydrogen) atoms. The van der Waals surface area contributed by atoms with Crippen molar-refractivity contribution < 1.29 is 19.4 Å². The van der Waals surface area contributed by atoms with Gasteiger partial charge in [0.25, 0.3) is 5.91 Å². The van der Waals surface area contributed by atoms with E-state index in [2.05, 4.69) is 26.2 Å². The molecule has 0 radical (unpaired) electrons. The zero-order valence-corrected chi connectivity index (χ0v) is 17.3. The predicted octanol–water partition coefficient (Wildman–Crippen LogP) is 2.73. The Bertz CT molecular complexity index is 959. The first-order valence-corrected chi connectivity index (χ1v) is 9.51. The van der Waals surface area contributed by atoms with Crippen molar-refractivity contribution in [2.75, 3.05) is 25.4 Å². The minimum absolute atomic E-state index is 0.0166. The van der Waals surface area contributed by atoms with Crippen LogP contribution >= 0.6 is 15.9 Å². The molecule has 0 unspecified atom stereocenters. The van der Waals surface area contributed by atoms with Gasteiger partial charge in [0.15, 0.2) is 0 Å². The molecule has 0 spiro atoms. The van der Waals surface area contributed by atoms with Gasteiger partial charge in [-0.1, -0.05) is 18.2 Å². The number of nitrogens with zero attached hydrogens (tertiary/aromatic N) is 1. The topological polar surface area (TPSA) is 138 Å². The van der Waals surface area contributed by atoms with Gasteiger partial charge >= 0.3 is 5.97 Å². The molecule has 1 amide bonds. The van der Waals surface area contributed by atoms with E-state index >= 15 is 0 Å². The van der Waals surface area contributed by atoms with Crippen LogP contribution in [0.3, 0.4) is 0 Å². The second-order valence-corrected chi connectivity index (χ2v) is 6.77. The Morgan fingerprint density at radius 3 is 2.66 bits per heavy atom. The number of nitrogens with two attached hydrogens (primary N) is 1. The lowest BCUT2D eigenvalue weighted by Gasteiger charge is -2.10. The molecule has 0 fully saturated rings. The standard InChI is InChI=1S/C20H21BrN4O4/c1-2-29-18-7-12(16(22)8-15(18)21)9-24-10-17(23)13-5-3-4-6-14(13)20(28)25-11-19(26)27/h3-9,23H,2,10-11,22H2,1H3,(H,25,28)(H,26,27). The fourth-order valence-corrected chi connectivity index (χ4v) is 2.95. The van der Waals surface area contributed by atoms with Crippen molar-refractivity contribution in [3.05, 3.63) is 57.6 Å². The zero-order chi connectivity index (χ0) is 21.4. The predicted molar refractivity (Wildman–Crippen MR) is 115 cm³/mol. The Morgan fingerprint density at radius 1 is 1.31 bits per heavy atom. The number of nitrogens with one attached hydrogen (secondary N) is 2. The maximum Gasteiger partial charge on any atom is 0.322 e. The fraction of sp³-hybridized carbons (Fsp3) is 0.200. The van der Waals surface area contributed by atoms with Gasteiger partial charge < -0.3 is 26.3 Å². The van der Waals surface area contributed by atoms with E-state index in [0.29, 0.717) is 29.2 Å². The molecule has 2 aromatic rings. The molecule has 2 aromatic carbocycles. The highest BCUT2D eigenvalue weighted by Crippen LogP contribution is 2.29. The SMILES string of the molecule is CCOc1cc(C=NCC(=N)c2ccccc2C(=O)NCC(=O)O)c(N)cc1Br. The molecule has 0 aliphatic rings. The lowest BCUT2D eigenvalue weighted by molar-refractivity contribution is -0.135. The van der Waals surface area contributed by atoms with Crippen LogP contribution in [0, 0.1) is 5.41 Å². The minimum atomic E-state index is -1.14. The van der Waals surface area contributed by atoms with Crippen molar-refractivity contribution in [2.24, 2.45) is 4.99 Å². The first kappa shape index (κ1) is 22.1. The molecule has 152 valence electrons. The number of anilines is 1. The summed E-state index contributed by atoms with van der Waals surface area (Å²) in [5, 5.41) is 19.3. The van der Waals surface area contributed by atoms with Crippen LogP contribution in [0.15, 0.2) is 45.9 Å². The summed E-state index contributed by atoms with van der Waals surface area (Å²) in [5.74, 6) is -1.07. The summed E-state index contributed by atoms with van der Waals surface area (Å²) in [5.41, 5.74) is 7.87. The summed E-state index contributed by atoms with van der Waals surface area (Å²) in [7, 11) is 0. The van der Waals surface area contributed by atoms with Crippen molar-refractivity contribution in [1.29, 1.82) is 5.41 Å². The van der Waals surface area contributed by atoms with Gasteiger partial charge in [0, 0.05) is 28.6 Å². The normalized spacial score (nSPS) is 10.7. The summed E-state index contributed by atoms with van der Waals surface area (Å²) >= 11 is 3.39. The lowest BCUT2D eigenvalue weighted by Crippen LogP contribution is -2.30. The van der Waals surface area contributed by atoms with E-state index in [4.69, 9.17) is 21.0 Å². The molecular formula is C20H21BrN4O4. The second-order valence-electron chi connectivity index (χ2n) is 5.91. The van der Waals surface area contributed by atoms with Gasteiger partial charge in [-0.05, 0) is 41.1 Å². The van der Waals surface area contributed by atoms with Crippen LogP contribution in [0.1, 0.15) is 28.4 Å². The van der Waals surface area contributed by atoms with Gasteiger partial charge in [0.05, 0.1) is 23.3 Å². The van der Waals surface area contributed by atoms with Crippen LogP contribution in [-0.4, -0.2) is 48.6 Å². The van der Waals surface area contributed by atoms with E-state index in [1.54, 1.807) is 36.5 Å². The number of carbonyl (C=O) groups is 2. The molecule has 0 saturated heterocycles. The monoisotopic (exact) mass is 460 g/mol. The molecule has 5 N–H and O–H groups in total. The number of aliphatic imine (C=N–C) groups is 1. The fourth-order valence-electron chi connectivity index (χ4n) is 2.48. The van der Waals surface area contributed by atoms with E-state index in [9.17, 15) is 9.59 Å². The van der Waals surface area contributed by atoms with E-state index in [1.807, 2.05) is 6.92 Å². The molecule has 0 atom stereocenters. The average molecular weight is 461 g/mol. The third kappa shape index (κ3) is 6.15. The van der Waals surface area contributed by atoms with Crippen molar-refractivity contribution in [2.45, 2.75) is 6.92 Å². The number of rotatable bonds is 9. The van der Waals surface area contributed by atoms with Crippen molar-refractivity contribution in [3.63, 3.8) is 0 Å². The van der Waals surface area contributed by atoms with Crippen molar-refractivity contribution >= 4 is 45.4 Å². The van der Waals surface area contributed by atoms with Gasteiger partial charge in [-0.2, -0.15) is 0 Å². The number of hydrogen-bond acceptors (Lipinski definition) is 6. The van der Waals surface area contributed by atoms with E-state index < -0.39 is 18.4 Å². The number of carboxylic acids is 1. The maximum atomic E-state index is 12.2. The lowest BCUT2D eigenvalue weighted by atomic mass is 10.0. The molecule has 0 aliphatic carbocycles. The van der Waals surface area contributed by atoms with Gasteiger partial charge in [0.1, 0.15) is 12.3 Å². The third-order valence-electron chi connectivity index (χ3n) is 3.81. The van der Waals surface area contributed by atoms with E-state index in [1.165, 1.54) is 6.07 Å². The molecule has 0 heterocycles. The Hall–Kier alpha value is -3.20. The number of carbonyl (C=O) groups excluding carboxylic acids is 1. The van der Waals surface area contributed by atoms with Gasteiger partial charge in [-0.15, -0.1) is 0 Å². The first-order valence-electron chi connectivity index (χ1n) is 8.72. The van der Waals surface area contributed by atoms with Gasteiger partial charge in [-0.25, -0.2) is 0 Å². The van der Waals surface area contributed by atoms with Crippen molar-refractivity contribution in [1.82, 2.24) is 5.32 Å². The van der Waals surface area contributed by atoms with Crippen LogP contribution < -0.4 is 15.8 Å². The molecule has 8 nitrogen and oxygen atoms in total. The smallest absolute Gasteiger partial charge is 0.322 e. The van der Waals surface area contributed by atoms with Crippen LogP contribution in [0.25, 0.3) is 0 Å². The molecule has 0 saturated carbocycles. The van der Waals surface area contributed by atoms with Gasteiger partial charge in [-0.3, -0.25) is 14.6 Å². The number of nitrogen functional groups attached to an aromatic ring is 1. The van der Waals surface area contributed by atoms with E-state index in [0.717, 1.165) is 4.47 Å². The Morgan fingerprint density at radius 2 is 2.00 bits per heavy atom. The summed E-state index contributed by atoms with van der Waals surface area (Å²) in [6, 6.07) is 9.97. The Kier molecular flexibility index (Phi) is 7.90. The number of ether oxygens (including phenoxy) is 1.